The molecule has 0 aromatic heterocycles. The van der Waals surface area contributed by atoms with Gasteiger partial charge in [0, 0.05) is 25.9 Å². The monoisotopic (exact) mass is 264 g/mol. The Kier molecular flexibility index (Phi) is 4.91. The summed E-state index contributed by atoms with van der Waals surface area (Å²) < 4.78 is 27.3. The Morgan fingerprint density at radius 1 is 1.47 bits per heavy atom. The van der Waals surface area contributed by atoms with Crippen LogP contribution in [0.4, 0.5) is 0 Å². The molecule has 6 nitrogen and oxygen atoms in total. The molecule has 1 aliphatic heterocycles. The topological polar surface area (TPSA) is 75.7 Å². The summed E-state index contributed by atoms with van der Waals surface area (Å²) >= 11 is 0. The quantitative estimate of drug-likeness (QED) is 0.669. The van der Waals surface area contributed by atoms with Crippen molar-refractivity contribution >= 4 is 15.7 Å². The standard InChI is InChI=1S/C10H20N2O4S/c1-11-9-7-16-6-8(9)10(13)12(2)4-5-17(3,14)15/h8-9,11H,4-7H2,1-3H3. The first-order chi connectivity index (χ1) is 7.85. The van der Waals surface area contributed by atoms with Gasteiger partial charge in [0.1, 0.15) is 9.84 Å². The van der Waals surface area contributed by atoms with Crippen molar-refractivity contribution in [3.63, 3.8) is 0 Å². The van der Waals surface area contributed by atoms with E-state index in [0.717, 1.165) is 0 Å². The molecule has 2 atom stereocenters. The zero-order chi connectivity index (χ0) is 13.1. The minimum absolute atomic E-state index is 0.00691. The molecule has 0 saturated carbocycles. The van der Waals surface area contributed by atoms with Crippen molar-refractivity contribution in [1.82, 2.24) is 10.2 Å². The first kappa shape index (κ1) is 14.4. The zero-order valence-corrected chi connectivity index (χ0v) is 11.3. The summed E-state index contributed by atoms with van der Waals surface area (Å²) in [5, 5.41) is 3.03. The smallest absolute Gasteiger partial charge is 0.229 e. The minimum atomic E-state index is -3.04. The van der Waals surface area contributed by atoms with Crippen LogP contribution in [0.5, 0.6) is 0 Å². The van der Waals surface area contributed by atoms with Crippen molar-refractivity contribution in [3.8, 4) is 0 Å². The number of hydrogen-bond donors (Lipinski definition) is 1. The summed E-state index contributed by atoms with van der Waals surface area (Å²) in [4.78, 5) is 13.5. The molecular formula is C10H20N2O4S. The number of nitrogens with one attached hydrogen (secondary N) is 1. The van der Waals surface area contributed by atoms with Gasteiger partial charge in [0.15, 0.2) is 0 Å². The van der Waals surface area contributed by atoms with Crippen molar-refractivity contribution in [2.24, 2.45) is 5.92 Å². The average Bonchev–Trinajstić information content (AvgIpc) is 2.71. The SMILES string of the molecule is CNC1COCC1C(=O)N(C)CCS(C)(=O)=O. The van der Waals surface area contributed by atoms with E-state index in [1.54, 1.807) is 14.1 Å². The highest BCUT2D eigenvalue weighted by atomic mass is 32.2. The van der Waals surface area contributed by atoms with Crippen LogP contribution in [-0.2, 0) is 19.4 Å². The van der Waals surface area contributed by atoms with E-state index in [2.05, 4.69) is 5.32 Å². The van der Waals surface area contributed by atoms with Gasteiger partial charge >= 0.3 is 0 Å². The predicted octanol–water partition coefficient (Wildman–Crippen LogP) is -1.28. The van der Waals surface area contributed by atoms with E-state index in [1.165, 1.54) is 11.2 Å². The maximum Gasteiger partial charge on any atom is 0.229 e. The molecule has 1 N–H and O–H groups in total. The normalized spacial score (nSPS) is 24.9. The van der Waals surface area contributed by atoms with Crippen LogP contribution in [-0.4, -0.2) is 71.1 Å². The second-order valence-corrected chi connectivity index (χ2v) is 6.69. The van der Waals surface area contributed by atoms with Crippen molar-refractivity contribution < 1.29 is 17.9 Å². The molecule has 0 aromatic rings. The molecular weight excluding hydrogens is 244 g/mol. The van der Waals surface area contributed by atoms with Gasteiger partial charge in [-0.05, 0) is 7.05 Å². The Morgan fingerprint density at radius 3 is 2.65 bits per heavy atom. The molecule has 0 aliphatic carbocycles. The lowest BCUT2D eigenvalue weighted by atomic mass is 10.0. The third kappa shape index (κ3) is 4.25. The minimum Gasteiger partial charge on any atom is -0.379 e. The largest absolute Gasteiger partial charge is 0.379 e. The summed E-state index contributed by atoms with van der Waals surface area (Å²) in [6.45, 7) is 1.14. The van der Waals surface area contributed by atoms with Gasteiger partial charge in [-0.2, -0.15) is 0 Å². The van der Waals surface area contributed by atoms with Gasteiger partial charge in [-0.1, -0.05) is 0 Å². The maximum atomic E-state index is 12.0. The van der Waals surface area contributed by atoms with E-state index < -0.39 is 9.84 Å². The summed E-state index contributed by atoms with van der Waals surface area (Å²) in [6, 6.07) is 0.0168. The van der Waals surface area contributed by atoms with Crippen LogP contribution in [0.2, 0.25) is 0 Å². The van der Waals surface area contributed by atoms with Crippen molar-refractivity contribution in [1.29, 1.82) is 0 Å². The molecule has 1 heterocycles. The Balaban J connectivity index is 2.51. The van der Waals surface area contributed by atoms with Gasteiger partial charge < -0.3 is 15.0 Å². The van der Waals surface area contributed by atoms with Crippen LogP contribution in [0.1, 0.15) is 0 Å². The molecule has 100 valence electrons. The summed E-state index contributed by atoms with van der Waals surface area (Å²) in [7, 11) is 0.375. The van der Waals surface area contributed by atoms with E-state index in [9.17, 15) is 13.2 Å². The fourth-order valence-corrected chi connectivity index (χ4v) is 2.38. The molecule has 1 rings (SSSR count). The highest BCUT2D eigenvalue weighted by Gasteiger charge is 2.34. The van der Waals surface area contributed by atoms with Crippen LogP contribution < -0.4 is 5.32 Å². The fraction of sp³-hybridized carbons (Fsp3) is 0.900. The second kappa shape index (κ2) is 5.79. The Morgan fingerprint density at radius 2 is 2.12 bits per heavy atom. The molecule has 1 amide bonds. The molecule has 17 heavy (non-hydrogen) atoms. The van der Waals surface area contributed by atoms with Gasteiger partial charge in [0.05, 0.1) is 24.9 Å². The molecule has 1 aliphatic rings. The number of hydrogen-bond acceptors (Lipinski definition) is 5. The van der Waals surface area contributed by atoms with Gasteiger partial charge in [0.25, 0.3) is 0 Å². The number of nitrogens with zero attached hydrogens (tertiary/aromatic N) is 1. The second-order valence-electron chi connectivity index (χ2n) is 4.43. The van der Waals surface area contributed by atoms with Crippen LogP contribution in [0, 0.1) is 5.92 Å². The van der Waals surface area contributed by atoms with Crippen LogP contribution in [0.3, 0.4) is 0 Å². The van der Waals surface area contributed by atoms with Gasteiger partial charge in [-0.3, -0.25) is 4.79 Å². The Hall–Kier alpha value is -0.660. The number of amides is 1. The van der Waals surface area contributed by atoms with Crippen LogP contribution >= 0.6 is 0 Å². The summed E-state index contributed by atoms with van der Waals surface area (Å²) in [5.41, 5.74) is 0. The molecule has 0 bridgehead atoms. The number of carbonyl (C=O) groups is 1. The molecule has 0 aromatic carbocycles. The molecule has 1 fully saturated rings. The highest BCUT2D eigenvalue weighted by Crippen LogP contribution is 2.15. The molecule has 7 heteroatoms. The predicted molar refractivity (Wildman–Crippen MR) is 64.5 cm³/mol. The number of likely N-dealkylation sites (N-methyl/N-ethyl adjacent to an activating group) is 1. The van der Waals surface area contributed by atoms with Crippen molar-refractivity contribution in [2.45, 2.75) is 6.04 Å². The van der Waals surface area contributed by atoms with Crippen molar-refractivity contribution in [2.75, 3.05) is 45.9 Å². The lowest BCUT2D eigenvalue weighted by Gasteiger charge is -2.23. The maximum absolute atomic E-state index is 12.0. The third-order valence-corrected chi connectivity index (χ3v) is 3.87. The van der Waals surface area contributed by atoms with E-state index >= 15 is 0 Å². The third-order valence-electron chi connectivity index (χ3n) is 2.94. The van der Waals surface area contributed by atoms with E-state index in [1.807, 2.05) is 0 Å². The number of ether oxygens (including phenoxy) is 1. The van der Waals surface area contributed by atoms with Crippen LogP contribution in [0.25, 0.3) is 0 Å². The van der Waals surface area contributed by atoms with Crippen molar-refractivity contribution in [3.05, 3.63) is 0 Å². The van der Waals surface area contributed by atoms with E-state index in [4.69, 9.17) is 4.74 Å². The average molecular weight is 264 g/mol. The van der Waals surface area contributed by atoms with Gasteiger partial charge in [-0.15, -0.1) is 0 Å². The summed E-state index contributed by atoms with van der Waals surface area (Å²) in [6.07, 6.45) is 1.17. The van der Waals surface area contributed by atoms with E-state index in [0.29, 0.717) is 13.2 Å². The number of carbonyl (C=O) groups excluding carboxylic acids is 1. The summed E-state index contributed by atoms with van der Waals surface area (Å²) in [5.74, 6) is -0.289. The lowest BCUT2D eigenvalue weighted by molar-refractivity contribution is -0.134. The van der Waals surface area contributed by atoms with E-state index in [-0.39, 0.29) is 30.2 Å². The molecule has 2 unspecified atom stereocenters. The van der Waals surface area contributed by atoms with Crippen LogP contribution in [0.15, 0.2) is 0 Å². The van der Waals surface area contributed by atoms with Gasteiger partial charge in [-0.25, -0.2) is 8.42 Å². The Bertz CT molecular complexity index is 369. The zero-order valence-electron chi connectivity index (χ0n) is 10.5. The molecule has 1 saturated heterocycles. The fourth-order valence-electron chi connectivity index (χ4n) is 1.78. The highest BCUT2D eigenvalue weighted by molar-refractivity contribution is 7.90. The molecule has 0 spiro atoms. The first-order valence-corrected chi connectivity index (χ1v) is 7.59. The number of sulfone groups is 1. The van der Waals surface area contributed by atoms with Gasteiger partial charge in [0.2, 0.25) is 5.91 Å². The first-order valence-electron chi connectivity index (χ1n) is 5.53. The Labute approximate surface area is 102 Å². The lowest BCUT2D eigenvalue weighted by Crippen LogP contribution is -2.44. The number of rotatable bonds is 5. The molecule has 0 radical (unpaired) electrons.